The van der Waals surface area contributed by atoms with Gasteiger partial charge in [-0.15, -0.1) is 0 Å². The van der Waals surface area contributed by atoms with E-state index in [1.54, 1.807) is 0 Å². The molecule has 2 atom stereocenters. The van der Waals surface area contributed by atoms with E-state index < -0.39 is 0 Å². The number of Topliss-reactive ketones (excluding diaryl/α,β-unsaturated/α-hetero) is 1. The smallest absolute Gasteiger partial charge is 0.134 e. The Hall–Kier alpha value is -3.59. The molecule has 1 fully saturated rings. The van der Waals surface area contributed by atoms with Crippen molar-refractivity contribution in [2.75, 3.05) is 0 Å². The van der Waals surface area contributed by atoms with E-state index in [-0.39, 0.29) is 17.3 Å². The molecule has 2 aliphatic rings. The molecule has 31 heavy (non-hydrogen) atoms. The van der Waals surface area contributed by atoms with Gasteiger partial charge in [-0.1, -0.05) is 72.8 Å². The van der Waals surface area contributed by atoms with Crippen molar-refractivity contribution in [2.24, 2.45) is 0 Å². The van der Waals surface area contributed by atoms with Crippen LogP contribution in [0, 0.1) is 0 Å². The first-order chi connectivity index (χ1) is 15.3. The molecule has 0 N–H and O–H groups in total. The highest BCUT2D eigenvalue weighted by molar-refractivity contribution is 5.87. The monoisotopic (exact) mass is 402 g/mol. The second kappa shape index (κ2) is 6.98. The predicted molar refractivity (Wildman–Crippen MR) is 121 cm³/mol. The molecule has 2 aromatic carbocycles. The zero-order valence-corrected chi connectivity index (χ0v) is 17.1. The summed E-state index contributed by atoms with van der Waals surface area (Å²) in [6, 6.07) is 29.5. The van der Waals surface area contributed by atoms with Crippen LogP contribution >= 0.6 is 0 Å². The van der Waals surface area contributed by atoms with Crippen molar-refractivity contribution in [1.82, 2.24) is 9.97 Å². The SMILES string of the molecule is O=C1C[C@H](c2ccccc2)C2(c3cccnc3-c3ncccc32)[C@@H](c2ccccc2)C1. The van der Waals surface area contributed by atoms with Crippen LogP contribution in [0.3, 0.4) is 0 Å². The van der Waals surface area contributed by atoms with Crippen LogP contribution in [0.4, 0.5) is 0 Å². The molecule has 2 heterocycles. The first-order valence-electron chi connectivity index (χ1n) is 10.8. The second-order valence-corrected chi connectivity index (χ2v) is 8.54. The normalized spacial score (nSPS) is 21.0. The van der Waals surface area contributed by atoms with Crippen molar-refractivity contribution in [3.63, 3.8) is 0 Å². The molecule has 0 bridgehead atoms. The van der Waals surface area contributed by atoms with Gasteiger partial charge in [0.1, 0.15) is 5.78 Å². The van der Waals surface area contributed by atoms with Gasteiger partial charge in [-0.3, -0.25) is 14.8 Å². The number of rotatable bonds is 2. The van der Waals surface area contributed by atoms with E-state index >= 15 is 0 Å². The number of carbonyl (C=O) groups is 1. The zero-order chi connectivity index (χ0) is 20.8. The molecule has 2 aliphatic carbocycles. The van der Waals surface area contributed by atoms with Crippen LogP contribution in [-0.2, 0) is 10.2 Å². The van der Waals surface area contributed by atoms with E-state index in [0.717, 1.165) is 11.4 Å². The summed E-state index contributed by atoms with van der Waals surface area (Å²) in [5.74, 6) is 0.359. The summed E-state index contributed by atoms with van der Waals surface area (Å²) < 4.78 is 0. The molecule has 0 aliphatic heterocycles. The molecule has 4 aromatic rings. The standard InChI is InChI=1S/C28H22N2O/c31-21-17-24(19-9-3-1-4-10-19)28(25(18-21)20-11-5-2-6-12-20)22-13-7-15-29-26(22)27-23(28)14-8-16-30-27/h1-16,24-25H,17-18H2/t24-,25-/m1/s1. The largest absolute Gasteiger partial charge is 0.300 e. The van der Waals surface area contributed by atoms with E-state index in [2.05, 4.69) is 60.7 Å². The van der Waals surface area contributed by atoms with Crippen molar-refractivity contribution in [1.29, 1.82) is 0 Å². The third-order valence-electron chi connectivity index (χ3n) is 7.10. The van der Waals surface area contributed by atoms with Gasteiger partial charge in [0.05, 0.1) is 11.4 Å². The molecule has 6 rings (SSSR count). The van der Waals surface area contributed by atoms with Gasteiger partial charge in [0.2, 0.25) is 0 Å². The van der Waals surface area contributed by atoms with Crippen LogP contribution in [0.1, 0.15) is 46.9 Å². The first-order valence-corrected chi connectivity index (χ1v) is 10.8. The Balaban J connectivity index is 1.73. The molecular weight excluding hydrogens is 380 g/mol. The van der Waals surface area contributed by atoms with Gasteiger partial charge in [-0.05, 0) is 34.4 Å². The predicted octanol–water partition coefficient (Wildman–Crippen LogP) is 5.67. The third kappa shape index (κ3) is 2.56. The number of hydrogen-bond acceptors (Lipinski definition) is 3. The maximum Gasteiger partial charge on any atom is 0.134 e. The summed E-state index contributed by atoms with van der Waals surface area (Å²) in [5.41, 5.74) is 6.30. The van der Waals surface area contributed by atoms with Crippen molar-refractivity contribution in [2.45, 2.75) is 30.1 Å². The Morgan fingerprint density at radius 3 is 1.52 bits per heavy atom. The number of benzene rings is 2. The van der Waals surface area contributed by atoms with Crippen LogP contribution in [0.15, 0.2) is 97.3 Å². The Bertz CT molecular complexity index is 1170. The molecule has 3 heteroatoms. The fourth-order valence-corrected chi connectivity index (χ4v) is 5.99. The summed E-state index contributed by atoms with van der Waals surface area (Å²) in [6.45, 7) is 0. The summed E-state index contributed by atoms with van der Waals surface area (Å²) in [7, 11) is 0. The molecule has 3 nitrogen and oxygen atoms in total. The fourth-order valence-electron chi connectivity index (χ4n) is 5.99. The lowest BCUT2D eigenvalue weighted by Gasteiger charge is -2.48. The molecule has 0 saturated heterocycles. The van der Waals surface area contributed by atoms with Gasteiger partial charge in [0, 0.05) is 42.5 Å². The highest BCUT2D eigenvalue weighted by atomic mass is 16.1. The van der Waals surface area contributed by atoms with Gasteiger partial charge < -0.3 is 0 Å². The second-order valence-electron chi connectivity index (χ2n) is 8.54. The quantitative estimate of drug-likeness (QED) is 0.434. The molecular formula is C28H22N2O. The van der Waals surface area contributed by atoms with Gasteiger partial charge in [-0.2, -0.15) is 0 Å². The summed E-state index contributed by atoms with van der Waals surface area (Å²) in [5, 5.41) is 0. The molecule has 150 valence electrons. The number of carbonyl (C=O) groups excluding carboxylic acids is 1. The number of ketones is 1. The molecule has 1 spiro atoms. The van der Waals surface area contributed by atoms with Crippen LogP contribution in [0.25, 0.3) is 11.4 Å². The maximum atomic E-state index is 13.2. The minimum absolute atomic E-state index is 0.0218. The highest BCUT2D eigenvalue weighted by Crippen LogP contribution is 2.64. The average molecular weight is 402 g/mol. The number of nitrogens with zero attached hydrogens (tertiary/aromatic N) is 2. The van der Waals surface area contributed by atoms with Crippen molar-refractivity contribution in [3.8, 4) is 11.4 Å². The molecule has 1 saturated carbocycles. The van der Waals surface area contributed by atoms with Crippen LogP contribution in [0.2, 0.25) is 0 Å². The van der Waals surface area contributed by atoms with Gasteiger partial charge in [0.25, 0.3) is 0 Å². The first kappa shape index (κ1) is 18.2. The van der Waals surface area contributed by atoms with Gasteiger partial charge >= 0.3 is 0 Å². The van der Waals surface area contributed by atoms with Crippen molar-refractivity contribution in [3.05, 3.63) is 120 Å². The number of hydrogen-bond donors (Lipinski definition) is 0. The molecule has 0 radical (unpaired) electrons. The van der Waals surface area contributed by atoms with Crippen LogP contribution in [-0.4, -0.2) is 15.8 Å². The Morgan fingerprint density at radius 1 is 0.613 bits per heavy atom. The lowest BCUT2D eigenvalue weighted by Crippen LogP contribution is -2.45. The minimum atomic E-state index is -0.385. The molecule has 0 amide bonds. The van der Waals surface area contributed by atoms with Gasteiger partial charge in [0.15, 0.2) is 0 Å². The summed E-state index contributed by atoms with van der Waals surface area (Å²) in [4.78, 5) is 22.7. The van der Waals surface area contributed by atoms with E-state index in [4.69, 9.17) is 9.97 Å². The van der Waals surface area contributed by atoms with E-state index in [0.29, 0.717) is 18.6 Å². The van der Waals surface area contributed by atoms with E-state index in [1.807, 2.05) is 36.7 Å². The summed E-state index contributed by atoms with van der Waals surface area (Å²) >= 11 is 0. The Morgan fingerprint density at radius 2 is 1.06 bits per heavy atom. The van der Waals surface area contributed by atoms with E-state index in [9.17, 15) is 4.79 Å². The van der Waals surface area contributed by atoms with Crippen LogP contribution in [0.5, 0.6) is 0 Å². The number of pyridine rings is 2. The molecule has 0 unspecified atom stereocenters. The fraction of sp³-hybridized carbons (Fsp3) is 0.179. The number of aromatic nitrogens is 2. The lowest BCUT2D eigenvalue weighted by atomic mass is 9.52. The van der Waals surface area contributed by atoms with E-state index in [1.165, 1.54) is 22.3 Å². The van der Waals surface area contributed by atoms with Gasteiger partial charge in [-0.25, -0.2) is 0 Å². The summed E-state index contributed by atoms with van der Waals surface area (Å²) in [6.07, 6.45) is 4.74. The average Bonchev–Trinajstić information content (AvgIpc) is 3.13. The van der Waals surface area contributed by atoms with Crippen LogP contribution < -0.4 is 0 Å². The maximum absolute atomic E-state index is 13.2. The minimum Gasteiger partial charge on any atom is -0.300 e. The number of fused-ring (bicyclic) bond motifs is 5. The lowest BCUT2D eigenvalue weighted by molar-refractivity contribution is -0.122. The highest BCUT2D eigenvalue weighted by Gasteiger charge is 2.58. The Kier molecular flexibility index (Phi) is 4.10. The Labute approximate surface area is 181 Å². The topological polar surface area (TPSA) is 42.9 Å². The van der Waals surface area contributed by atoms with Crippen molar-refractivity contribution >= 4 is 5.78 Å². The third-order valence-corrected chi connectivity index (χ3v) is 7.10. The van der Waals surface area contributed by atoms with Crippen molar-refractivity contribution < 1.29 is 4.79 Å². The zero-order valence-electron chi connectivity index (χ0n) is 17.1. The molecule has 2 aromatic heterocycles.